The molecule has 4 rings (SSSR count). The van der Waals surface area contributed by atoms with E-state index >= 15 is 0 Å². The SMILES string of the molecule is CCc1ccccc1-c1c[nH]c2c1C=C(c1ccc(C)c(C#N)c1)CN2. The summed E-state index contributed by atoms with van der Waals surface area (Å²) in [7, 11) is 0. The summed E-state index contributed by atoms with van der Waals surface area (Å²) in [5.41, 5.74) is 9.07. The zero-order valence-electron chi connectivity index (χ0n) is 15.1. The Labute approximate surface area is 154 Å². The first-order chi connectivity index (χ1) is 12.7. The second-order valence-corrected chi connectivity index (χ2v) is 6.67. The molecule has 0 saturated heterocycles. The van der Waals surface area contributed by atoms with Crippen LogP contribution < -0.4 is 5.32 Å². The lowest BCUT2D eigenvalue weighted by molar-refractivity contribution is 1.14. The first kappa shape index (κ1) is 16.2. The molecule has 0 fully saturated rings. The Morgan fingerprint density at radius 2 is 1.96 bits per heavy atom. The second-order valence-electron chi connectivity index (χ2n) is 6.67. The molecule has 0 amide bonds. The highest BCUT2D eigenvalue weighted by Crippen LogP contribution is 2.37. The molecule has 2 aromatic carbocycles. The van der Waals surface area contributed by atoms with Crippen LogP contribution in [0, 0.1) is 18.3 Å². The number of hydrogen-bond acceptors (Lipinski definition) is 2. The van der Waals surface area contributed by atoms with E-state index in [-0.39, 0.29) is 0 Å². The van der Waals surface area contributed by atoms with Gasteiger partial charge in [-0.1, -0.05) is 43.3 Å². The van der Waals surface area contributed by atoms with Gasteiger partial charge >= 0.3 is 0 Å². The van der Waals surface area contributed by atoms with E-state index in [1.807, 2.05) is 19.1 Å². The van der Waals surface area contributed by atoms with Crippen molar-refractivity contribution in [2.45, 2.75) is 20.3 Å². The molecular weight excluding hydrogens is 318 g/mol. The number of nitriles is 1. The van der Waals surface area contributed by atoms with Gasteiger partial charge in [0.1, 0.15) is 5.82 Å². The van der Waals surface area contributed by atoms with Crippen LogP contribution in [0.25, 0.3) is 22.8 Å². The van der Waals surface area contributed by atoms with Crippen LogP contribution in [0.15, 0.2) is 48.7 Å². The number of fused-ring (bicyclic) bond motifs is 1. The quantitative estimate of drug-likeness (QED) is 0.672. The van der Waals surface area contributed by atoms with Crippen molar-refractivity contribution >= 4 is 17.5 Å². The molecule has 0 bridgehead atoms. The molecule has 2 N–H and O–H groups in total. The van der Waals surface area contributed by atoms with Gasteiger partial charge < -0.3 is 10.3 Å². The Morgan fingerprint density at radius 3 is 2.77 bits per heavy atom. The predicted molar refractivity (Wildman–Crippen MR) is 108 cm³/mol. The number of hydrogen-bond donors (Lipinski definition) is 2. The topological polar surface area (TPSA) is 51.6 Å². The van der Waals surface area contributed by atoms with E-state index in [1.54, 1.807) is 0 Å². The van der Waals surface area contributed by atoms with E-state index in [0.717, 1.165) is 35.5 Å². The van der Waals surface area contributed by atoms with Crippen molar-refractivity contribution in [3.8, 4) is 17.2 Å². The van der Waals surface area contributed by atoms with Crippen LogP contribution in [0.3, 0.4) is 0 Å². The van der Waals surface area contributed by atoms with Gasteiger partial charge in [0.05, 0.1) is 11.6 Å². The van der Waals surface area contributed by atoms with Gasteiger partial charge in [0.25, 0.3) is 0 Å². The lowest BCUT2D eigenvalue weighted by atomic mass is 9.93. The molecule has 128 valence electrons. The van der Waals surface area contributed by atoms with E-state index in [9.17, 15) is 5.26 Å². The maximum atomic E-state index is 9.33. The van der Waals surface area contributed by atoms with Crippen LogP contribution in [0.1, 0.15) is 34.7 Å². The summed E-state index contributed by atoms with van der Waals surface area (Å²) in [6.07, 6.45) is 5.33. The van der Waals surface area contributed by atoms with Crippen LogP contribution in [-0.2, 0) is 6.42 Å². The highest BCUT2D eigenvalue weighted by Gasteiger charge is 2.18. The molecule has 1 aliphatic heterocycles. The second kappa shape index (κ2) is 6.57. The minimum atomic E-state index is 0.736. The number of aromatic amines is 1. The average molecular weight is 339 g/mol. The Morgan fingerprint density at radius 1 is 1.12 bits per heavy atom. The van der Waals surface area contributed by atoms with Gasteiger partial charge in [0, 0.05) is 23.9 Å². The van der Waals surface area contributed by atoms with Crippen molar-refractivity contribution in [2.75, 3.05) is 11.9 Å². The summed E-state index contributed by atoms with van der Waals surface area (Å²) < 4.78 is 0. The van der Waals surface area contributed by atoms with E-state index in [1.165, 1.54) is 27.8 Å². The highest BCUT2D eigenvalue weighted by molar-refractivity contribution is 5.96. The van der Waals surface area contributed by atoms with Crippen molar-refractivity contribution in [3.63, 3.8) is 0 Å². The summed E-state index contributed by atoms with van der Waals surface area (Å²) in [4.78, 5) is 3.37. The fraction of sp³-hybridized carbons (Fsp3) is 0.174. The van der Waals surface area contributed by atoms with Gasteiger partial charge in [-0.15, -0.1) is 0 Å². The van der Waals surface area contributed by atoms with Crippen LogP contribution in [-0.4, -0.2) is 11.5 Å². The van der Waals surface area contributed by atoms with Crippen LogP contribution in [0.5, 0.6) is 0 Å². The van der Waals surface area contributed by atoms with Crippen molar-refractivity contribution in [1.82, 2.24) is 4.98 Å². The first-order valence-electron chi connectivity index (χ1n) is 8.96. The third-order valence-electron chi connectivity index (χ3n) is 5.11. The van der Waals surface area contributed by atoms with Crippen molar-refractivity contribution in [1.29, 1.82) is 5.26 Å². The third-order valence-corrected chi connectivity index (χ3v) is 5.11. The number of rotatable bonds is 3. The van der Waals surface area contributed by atoms with Gasteiger partial charge in [-0.25, -0.2) is 0 Å². The lowest BCUT2D eigenvalue weighted by Gasteiger charge is -2.18. The van der Waals surface area contributed by atoms with Gasteiger partial charge in [-0.2, -0.15) is 5.26 Å². The van der Waals surface area contributed by atoms with E-state index < -0.39 is 0 Å². The molecule has 0 radical (unpaired) electrons. The zero-order valence-corrected chi connectivity index (χ0v) is 15.1. The molecule has 26 heavy (non-hydrogen) atoms. The normalized spacial score (nSPS) is 12.7. The van der Waals surface area contributed by atoms with Crippen LogP contribution in [0.2, 0.25) is 0 Å². The summed E-state index contributed by atoms with van der Waals surface area (Å²) in [5.74, 6) is 1.06. The lowest BCUT2D eigenvalue weighted by Crippen LogP contribution is -2.10. The fourth-order valence-corrected chi connectivity index (χ4v) is 3.58. The van der Waals surface area contributed by atoms with E-state index in [0.29, 0.717) is 0 Å². The van der Waals surface area contributed by atoms with Gasteiger partial charge in [-0.3, -0.25) is 0 Å². The largest absolute Gasteiger partial charge is 0.367 e. The number of aromatic nitrogens is 1. The molecule has 3 aromatic rings. The number of aryl methyl sites for hydroxylation is 2. The summed E-state index contributed by atoms with van der Waals surface area (Å²) >= 11 is 0. The fourth-order valence-electron chi connectivity index (χ4n) is 3.58. The summed E-state index contributed by atoms with van der Waals surface area (Å²) in [6.45, 7) is 4.91. The zero-order chi connectivity index (χ0) is 18.1. The number of H-pyrrole nitrogens is 1. The molecule has 3 heteroatoms. The number of benzene rings is 2. The average Bonchev–Trinajstić information content (AvgIpc) is 3.11. The molecule has 0 aliphatic carbocycles. The first-order valence-corrected chi connectivity index (χ1v) is 8.96. The molecule has 0 atom stereocenters. The van der Waals surface area contributed by atoms with Crippen molar-refractivity contribution in [3.05, 3.63) is 76.5 Å². The summed E-state index contributed by atoms with van der Waals surface area (Å²) in [6, 6.07) is 17.0. The van der Waals surface area contributed by atoms with Gasteiger partial charge in [0.15, 0.2) is 0 Å². The molecule has 0 unspecified atom stereocenters. The van der Waals surface area contributed by atoms with Crippen molar-refractivity contribution in [2.24, 2.45) is 0 Å². The van der Waals surface area contributed by atoms with Crippen LogP contribution >= 0.6 is 0 Å². The smallest absolute Gasteiger partial charge is 0.111 e. The molecule has 2 heterocycles. The minimum Gasteiger partial charge on any atom is -0.367 e. The predicted octanol–water partition coefficient (Wildman–Crippen LogP) is 5.39. The molecule has 3 nitrogen and oxygen atoms in total. The molecule has 1 aliphatic rings. The number of nitrogens with zero attached hydrogens (tertiary/aromatic N) is 1. The number of nitrogens with one attached hydrogen (secondary N) is 2. The van der Waals surface area contributed by atoms with Gasteiger partial charge in [-0.05, 0) is 53.3 Å². The Kier molecular flexibility index (Phi) is 4.10. The third kappa shape index (κ3) is 2.70. The minimum absolute atomic E-state index is 0.736. The molecule has 1 aromatic heterocycles. The monoisotopic (exact) mass is 339 g/mol. The van der Waals surface area contributed by atoms with Crippen LogP contribution in [0.4, 0.5) is 5.82 Å². The maximum absolute atomic E-state index is 9.33. The van der Waals surface area contributed by atoms with E-state index in [2.05, 4.69) is 65.9 Å². The molecule has 0 spiro atoms. The summed E-state index contributed by atoms with van der Waals surface area (Å²) in [5, 5.41) is 12.8. The molecule has 0 saturated carbocycles. The highest BCUT2D eigenvalue weighted by atomic mass is 15.0. The Bertz CT molecular complexity index is 1050. The number of anilines is 1. The van der Waals surface area contributed by atoms with Gasteiger partial charge in [0.2, 0.25) is 0 Å². The maximum Gasteiger partial charge on any atom is 0.111 e. The molecular formula is C23H21N3. The Balaban J connectivity index is 1.82. The van der Waals surface area contributed by atoms with Crippen molar-refractivity contribution < 1.29 is 0 Å². The Hall–Kier alpha value is -3.25. The standard InChI is InChI=1S/C23H21N3/c1-3-16-6-4-5-7-20(16)22-14-26-23-21(22)11-19(13-25-23)17-9-8-15(2)18(10-17)12-24/h4-11,14,25-26H,3,13H2,1-2H3. The van der Waals surface area contributed by atoms with E-state index in [4.69, 9.17) is 0 Å².